The molecule has 0 saturated heterocycles. The van der Waals surface area contributed by atoms with Crippen LogP contribution in [0.3, 0.4) is 0 Å². The van der Waals surface area contributed by atoms with Gasteiger partial charge in [-0.15, -0.1) is 0 Å². The lowest BCUT2D eigenvalue weighted by Gasteiger charge is -2.37. The molecule has 3 rings (SSSR count). The molecule has 2 heterocycles. The molecule has 35 heavy (non-hydrogen) atoms. The minimum absolute atomic E-state index is 0.00418. The Balaban J connectivity index is 2.02. The summed E-state index contributed by atoms with van der Waals surface area (Å²) in [6.45, 7) is 6.76. The molecule has 190 valence electrons. The van der Waals surface area contributed by atoms with Crippen molar-refractivity contribution in [1.82, 2.24) is 14.5 Å². The highest BCUT2D eigenvalue weighted by Crippen LogP contribution is 2.33. The molecule has 1 aromatic carbocycles. The fourth-order valence-electron chi connectivity index (χ4n) is 4.78. The lowest BCUT2D eigenvalue weighted by Crippen LogP contribution is -2.45. The van der Waals surface area contributed by atoms with E-state index in [0.29, 0.717) is 32.5 Å². The van der Waals surface area contributed by atoms with Crippen molar-refractivity contribution in [1.29, 1.82) is 0 Å². The molecule has 1 atom stereocenters. The molecular weight excluding hydrogens is 446 g/mol. The largest absolute Gasteiger partial charge is 0.383 e. The number of anilines is 2. The van der Waals surface area contributed by atoms with Gasteiger partial charge in [-0.1, -0.05) is 57.4 Å². The first-order chi connectivity index (χ1) is 16.8. The van der Waals surface area contributed by atoms with E-state index in [1.54, 1.807) is 4.90 Å². The highest BCUT2D eigenvalue weighted by atomic mass is 16.2. The Morgan fingerprint density at radius 2 is 1.83 bits per heavy atom. The second-order valence-electron chi connectivity index (χ2n) is 9.13. The molecule has 0 aliphatic carbocycles. The Labute approximate surface area is 205 Å². The van der Waals surface area contributed by atoms with Crippen LogP contribution < -0.4 is 21.9 Å². The Morgan fingerprint density at radius 3 is 2.51 bits per heavy atom. The van der Waals surface area contributed by atoms with E-state index in [1.165, 1.54) is 16.4 Å². The van der Waals surface area contributed by atoms with Crippen molar-refractivity contribution in [3.63, 3.8) is 0 Å². The standard InChI is InChI=1S/C26H37N5O4/c1-4-6-10-15-30(23-24(27)31(14-7-5-2)26(35)28-25(23)34)22(33)17-21-20-12-9-8-11-19(20)13-16-29(21)18(3)32/h8-9,11-12,21H,4-7,10,13-17,27H2,1-3H3,(H,28,34,35). The van der Waals surface area contributed by atoms with Crippen LogP contribution in [0.25, 0.3) is 0 Å². The van der Waals surface area contributed by atoms with Crippen molar-refractivity contribution >= 4 is 23.3 Å². The fourth-order valence-corrected chi connectivity index (χ4v) is 4.78. The summed E-state index contributed by atoms with van der Waals surface area (Å²) in [7, 11) is 0. The van der Waals surface area contributed by atoms with Crippen molar-refractivity contribution < 1.29 is 9.59 Å². The number of aromatic amines is 1. The van der Waals surface area contributed by atoms with Crippen LogP contribution in [0.15, 0.2) is 33.9 Å². The van der Waals surface area contributed by atoms with Gasteiger partial charge in [0.1, 0.15) is 5.82 Å². The van der Waals surface area contributed by atoms with Crippen molar-refractivity contribution in [3.05, 3.63) is 56.2 Å². The minimum atomic E-state index is -0.669. The van der Waals surface area contributed by atoms with Crippen LogP contribution >= 0.6 is 0 Å². The average molecular weight is 484 g/mol. The number of nitrogens with one attached hydrogen (secondary N) is 1. The van der Waals surface area contributed by atoms with E-state index < -0.39 is 17.3 Å². The molecule has 9 heteroatoms. The van der Waals surface area contributed by atoms with Gasteiger partial charge in [-0.3, -0.25) is 23.9 Å². The number of H-pyrrole nitrogens is 1. The quantitative estimate of drug-likeness (QED) is 0.503. The number of hydrogen-bond acceptors (Lipinski definition) is 5. The van der Waals surface area contributed by atoms with Gasteiger partial charge >= 0.3 is 5.69 Å². The second-order valence-corrected chi connectivity index (χ2v) is 9.13. The SMILES string of the molecule is CCCCCN(C(=O)CC1c2ccccc2CCN1C(C)=O)c1c(N)n(CCCC)c(=O)[nH]c1=O. The number of unbranched alkanes of at least 4 members (excludes halogenated alkanes) is 3. The minimum Gasteiger partial charge on any atom is -0.383 e. The molecular formula is C26H37N5O4. The zero-order valence-corrected chi connectivity index (χ0v) is 21.0. The van der Waals surface area contributed by atoms with E-state index in [4.69, 9.17) is 5.73 Å². The van der Waals surface area contributed by atoms with Crippen LogP contribution in [0.4, 0.5) is 11.5 Å². The predicted octanol–water partition coefficient (Wildman–Crippen LogP) is 2.98. The van der Waals surface area contributed by atoms with E-state index in [2.05, 4.69) is 11.9 Å². The van der Waals surface area contributed by atoms with Gasteiger partial charge in [-0.2, -0.15) is 0 Å². The first-order valence-corrected chi connectivity index (χ1v) is 12.6. The van der Waals surface area contributed by atoms with E-state index in [-0.39, 0.29) is 29.7 Å². The second kappa shape index (κ2) is 11.9. The lowest BCUT2D eigenvalue weighted by atomic mass is 9.90. The third-order valence-electron chi connectivity index (χ3n) is 6.69. The number of hydrogen-bond donors (Lipinski definition) is 2. The summed E-state index contributed by atoms with van der Waals surface area (Å²) in [5, 5.41) is 0. The lowest BCUT2D eigenvalue weighted by molar-refractivity contribution is -0.133. The number of fused-ring (bicyclic) bond motifs is 1. The summed E-state index contributed by atoms with van der Waals surface area (Å²) in [6, 6.07) is 7.42. The van der Waals surface area contributed by atoms with Crippen LogP contribution in [-0.2, 0) is 22.6 Å². The molecule has 1 aliphatic heterocycles. The summed E-state index contributed by atoms with van der Waals surface area (Å²) in [6.07, 6.45) is 4.83. The molecule has 0 bridgehead atoms. The van der Waals surface area contributed by atoms with Gasteiger partial charge in [0.05, 0.1) is 12.5 Å². The fraction of sp³-hybridized carbons (Fsp3) is 0.538. The number of nitrogen functional groups attached to an aromatic ring is 1. The summed E-state index contributed by atoms with van der Waals surface area (Å²) in [4.78, 5) is 57.0. The van der Waals surface area contributed by atoms with Crippen molar-refractivity contribution in [3.8, 4) is 0 Å². The van der Waals surface area contributed by atoms with Gasteiger partial charge in [-0.05, 0) is 30.4 Å². The normalized spacial score (nSPS) is 15.1. The van der Waals surface area contributed by atoms with E-state index in [0.717, 1.165) is 36.8 Å². The molecule has 1 unspecified atom stereocenters. The number of aromatic nitrogens is 2. The first-order valence-electron chi connectivity index (χ1n) is 12.6. The maximum absolute atomic E-state index is 13.8. The number of carbonyl (C=O) groups excluding carboxylic acids is 2. The summed E-state index contributed by atoms with van der Waals surface area (Å²) in [5.74, 6) is -0.392. The van der Waals surface area contributed by atoms with E-state index >= 15 is 0 Å². The number of rotatable bonds is 10. The van der Waals surface area contributed by atoms with Gasteiger partial charge in [0, 0.05) is 26.6 Å². The Hall–Kier alpha value is -3.36. The molecule has 0 radical (unpaired) electrons. The van der Waals surface area contributed by atoms with Crippen LogP contribution in [0.2, 0.25) is 0 Å². The molecule has 2 amide bonds. The van der Waals surface area contributed by atoms with Crippen molar-refractivity contribution in [2.24, 2.45) is 0 Å². The van der Waals surface area contributed by atoms with E-state index in [1.807, 2.05) is 31.2 Å². The van der Waals surface area contributed by atoms with Gasteiger partial charge in [0.25, 0.3) is 5.56 Å². The molecule has 0 spiro atoms. The average Bonchev–Trinajstić information content (AvgIpc) is 2.82. The first kappa shape index (κ1) is 26.2. The predicted molar refractivity (Wildman–Crippen MR) is 137 cm³/mol. The third kappa shape index (κ3) is 5.83. The van der Waals surface area contributed by atoms with Gasteiger partial charge in [-0.25, -0.2) is 4.79 Å². The van der Waals surface area contributed by atoms with Crippen LogP contribution in [0, 0.1) is 0 Å². The van der Waals surface area contributed by atoms with E-state index in [9.17, 15) is 19.2 Å². The Morgan fingerprint density at radius 1 is 1.11 bits per heavy atom. The zero-order valence-electron chi connectivity index (χ0n) is 21.0. The maximum Gasteiger partial charge on any atom is 0.330 e. The van der Waals surface area contributed by atoms with Crippen LogP contribution in [-0.4, -0.2) is 39.4 Å². The number of amides is 2. The molecule has 0 fully saturated rings. The molecule has 1 aliphatic rings. The Kier molecular flexibility index (Phi) is 8.89. The highest BCUT2D eigenvalue weighted by Gasteiger charge is 2.33. The topological polar surface area (TPSA) is 121 Å². The number of benzene rings is 1. The number of carbonyl (C=O) groups is 2. The van der Waals surface area contributed by atoms with Gasteiger partial charge in [0.15, 0.2) is 5.69 Å². The van der Waals surface area contributed by atoms with Gasteiger partial charge in [0.2, 0.25) is 11.8 Å². The van der Waals surface area contributed by atoms with Gasteiger partial charge < -0.3 is 15.5 Å². The van der Waals surface area contributed by atoms with Crippen molar-refractivity contribution in [2.45, 2.75) is 78.3 Å². The molecule has 9 nitrogen and oxygen atoms in total. The number of nitrogens with two attached hydrogens (primary N) is 1. The third-order valence-corrected chi connectivity index (χ3v) is 6.69. The number of nitrogens with zero attached hydrogens (tertiary/aromatic N) is 3. The van der Waals surface area contributed by atoms with Crippen molar-refractivity contribution in [2.75, 3.05) is 23.7 Å². The molecule has 1 aromatic heterocycles. The smallest absolute Gasteiger partial charge is 0.330 e. The summed E-state index contributed by atoms with van der Waals surface area (Å²) < 4.78 is 1.33. The Bertz CT molecular complexity index is 1170. The maximum atomic E-state index is 13.8. The van der Waals surface area contributed by atoms with Crippen LogP contribution in [0.1, 0.15) is 76.5 Å². The molecule has 3 N–H and O–H groups in total. The molecule has 2 aromatic rings. The molecule has 0 saturated carbocycles. The summed E-state index contributed by atoms with van der Waals surface area (Å²) in [5.41, 5.74) is 7.18. The highest BCUT2D eigenvalue weighted by molar-refractivity contribution is 5.96. The monoisotopic (exact) mass is 483 g/mol. The summed E-state index contributed by atoms with van der Waals surface area (Å²) >= 11 is 0. The van der Waals surface area contributed by atoms with Crippen LogP contribution in [0.5, 0.6) is 0 Å². The zero-order chi connectivity index (χ0) is 25.5.